The number of benzene rings is 3. The first-order chi connectivity index (χ1) is 10.4. The van der Waals surface area contributed by atoms with E-state index in [1.165, 1.54) is 31.3 Å². The highest BCUT2D eigenvalue weighted by Gasteiger charge is 2.12. The highest BCUT2D eigenvalue weighted by Crippen LogP contribution is 2.25. The Balaban J connectivity index is 0.000000254. The molecule has 22 heavy (non-hydrogen) atoms. The minimum absolute atomic E-state index is 1.11. The van der Waals surface area contributed by atoms with Gasteiger partial charge in [0.05, 0.1) is 5.39 Å². The Morgan fingerprint density at radius 2 is 1.64 bits per heavy atom. The molecule has 0 atom stereocenters. The normalized spacial score (nSPS) is 13.0. The lowest BCUT2D eigenvalue weighted by Crippen LogP contribution is -1.99. The SMILES string of the molecule is C1=c2ccc3ccc4ccccc4c3c2=[S+]C1.O=S(=O)([O-])F. The van der Waals surface area contributed by atoms with Crippen LogP contribution in [0, 0.1) is 4.51 Å². The van der Waals surface area contributed by atoms with Crippen LogP contribution in [0.4, 0.5) is 3.89 Å². The van der Waals surface area contributed by atoms with Gasteiger partial charge in [-0.25, -0.2) is 8.42 Å². The van der Waals surface area contributed by atoms with Gasteiger partial charge in [-0.05, 0) is 28.3 Å². The van der Waals surface area contributed by atoms with Crippen LogP contribution in [0.5, 0.6) is 0 Å². The van der Waals surface area contributed by atoms with Gasteiger partial charge in [0.1, 0.15) is 0 Å². The van der Waals surface area contributed by atoms with E-state index in [0.29, 0.717) is 0 Å². The van der Waals surface area contributed by atoms with Gasteiger partial charge in [0.2, 0.25) is 4.51 Å². The molecule has 3 aromatic rings. The molecule has 0 spiro atoms. The maximum absolute atomic E-state index is 10.1. The average Bonchev–Trinajstić information content (AvgIpc) is 2.93. The minimum atomic E-state index is -5.42. The molecule has 0 fully saturated rings. The smallest absolute Gasteiger partial charge is 0.255 e. The fourth-order valence-electron chi connectivity index (χ4n) is 2.61. The fraction of sp³-hybridized carbons (Fsp3) is 0.0625. The third-order valence-electron chi connectivity index (χ3n) is 3.42. The van der Waals surface area contributed by atoms with E-state index < -0.39 is 10.5 Å². The number of hydrogen-bond donors (Lipinski definition) is 0. The van der Waals surface area contributed by atoms with E-state index in [9.17, 15) is 3.89 Å². The molecule has 4 rings (SSSR count). The van der Waals surface area contributed by atoms with Crippen molar-refractivity contribution >= 4 is 49.5 Å². The van der Waals surface area contributed by atoms with E-state index in [4.69, 9.17) is 13.0 Å². The van der Waals surface area contributed by atoms with Gasteiger partial charge in [0.25, 0.3) is 10.5 Å². The maximum Gasteiger partial charge on any atom is 0.255 e. The highest BCUT2D eigenvalue weighted by atomic mass is 32.3. The van der Waals surface area contributed by atoms with Gasteiger partial charge >= 0.3 is 0 Å². The second-order valence-electron chi connectivity index (χ2n) is 4.78. The summed E-state index contributed by atoms with van der Waals surface area (Å²) in [4.78, 5) is 0. The minimum Gasteiger partial charge on any atom is -0.722 e. The maximum atomic E-state index is 10.1. The van der Waals surface area contributed by atoms with Crippen molar-refractivity contribution in [2.45, 2.75) is 0 Å². The zero-order valence-corrected chi connectivity index (χ0v) is 13.0. The molecule has 3 aromatic carbocycles. The van der Waals surface area contributed by atoms with Gasteiger partial charge in [-0.1, -0.05) is 42.5 Å². The number of halogens is 1. The summed E-state index contributed by atoms with van der Waals surface area (Å²) >= 11 is 1.96. The average molecular weight is 334 g/mol. The summed E-state index contributed by atoms with van der Waals surface area (Å²) in [5, 5.41) is 6.90. The third kappa shape index (κ3) is 3.14. The van der Waals surface area contributed by atoms with Crippen LogP contribution in [0.25, 0.3) is 27.6 Å². The van der Waals surface area contributed by atoms with E-state index in [1.54, 1.807) is 0 Å². The Hall–Kier alpha value is -1.89. The molecule has 0 aliphatic carbocycles. The molecule has 0 saturated heterocycles. The lowest BCUT2D eigenvalue weighted by Gasteiger charge is -2.01. The Morgan fingerprint density at radius 1 is 1.00 bits per heavy atom. The van der Waals surface area contributed by atoms with E-state index in [1.807, 2.05) is 11.4 Å². The van der Waals surface area contributed by atoms with Gasteiger partial charge < -0.3 is 4.55 Å². The van der Waals surface area contributed by atoms with Crippen LogP contribution in [0.2, 0.25) is 0 Å². The monoisotopic (exact) mass is 334 g/mol. The standard InChI is InChI=1S/C16H11S.FHO3S/c1-2-4-14-11(3-1)5-6-12-7-8-13-9-10-17-16(13)15(12)14;1-5(2,3)4/h1-9H,10H2;(H,2,3,4)/q+1;/p-1. The zero-order chi connectivity index (χ0) is 15.7. The molecule has 6 heteroatoms. The molecule has 1 aliphatic heterocycles. The van der Waals surface area contributed by atoms with Gasteiger partial charge in [0, 0.05) is 5.22 Å². The molecule has 0 aromatic heterocycles. The van der Waals surface area contributed by atoms with E-state index >= 15 is 0 Å². The van der Waals surface area contributed by atoms with Gasteiger partial charge in [-0.3, -0.25) is 0 Å². The molecular weight excluding hydrogens is 323 g/mol. The summed E-state index contributed by atoms with van der Waals surface area (Å²) in [5.41, 5.74) is 0. The zero-order valence-electron chi connectivity index (χ0n) is 11.3. The van der Waals surface area contributed by atoms with Crippen LogP contribution >= 0.6 is 0 Å². The summed E-state index contributed by atoms with van der Waals surface area (Å²) in [6, 6.07) is 17.6. The molecule has 112 valence electrons. The van der Waals surface area contributed by atoms with Gasteiger partial charge in [0.15, 0.2) is 17.1 Å². The van der Waals surface area contributed by atoms with Crippen LogP contribution in [-0.2, 0) is 21.9 Å². The van der Waals surface area contributed by atoms with Crippen LogP contribution < -0.4 is 5.22 Å². The van der Waals surface area contributed by atoms with Crippen molar-refractivity contribution in [1.29, 1.82) is 0 Å². The molecule has 0 saturated carbocycles. The Bertz CT molecular complexity index is 1080. The van der Waals surface area contributed by atoms with Crippen molar-refractivity contribution in [3.8, 4) is 0 Å². The second-order valence-corrected chi connectivity index (χ2v) is 6.59. The summed E-state index contributed by atoms with van der Waals surface area (Å²) < 4.78 is 36.8. The molecule has 1 heterocycles. The van der Waals surface area contributed by atoms with Crippen LogP contribution in [-0.4, -0.2) is 18.7 Å². The van der Waals surface area contributed by atoms with Crippen molar-refractivity contribution < 1.29 is 16.9 Å². The van der Waals surface area contributed by atoms with Crippen molar-refractivity contribution in [2.75, 3.05) is 5.75 Å². The molecule has 0 amide bonds. The number of rotatable bonds is 0. The van der Waals surface area contributed by atoms with Crippen LogP contribution in [0.15, 0.2) is 48.5 Å². The first kappa shape index (κ1) is 15.0. The fourth-order valence-corrected chi connectivity index (χ4v) is 3.73. The van der Waals surface area contributed by atoms with E-state index in [-0.39, 0.29) is 0 Å². The second kappa shape index (κ2) is 5.72. The highest BCUT2D eigenvalue weighted by molar-refractivity contribution is 7.80. The van der Waals surface area contributed by atoms with E-state index in [2.05, 4.69) is 54.6 Å². The van der Waals surface area contributed by atoms with Gasteiger partial charge in [-0.15, -0.1) is 3.89 Å². The van der Waals surface area contributed by atoms with Crippen molar-refractivity contribution in [1.82, 2.24) is 0 Å². The summed E-state index contributed by atoms with van der Waals surface area (Å²) in [5.74, 6) is 1.11. The van der Waals surface area contributed by atoms with Crippen molar-refractivity contribution in [3.05, 3.63) is 58.3 Å². The molecule has 3 nitrogen and oxygen atoms in total. The summed E-state index contributed by atoms with van der Waals surface area (Å²) in [6.45, 7) is 0. The lowest BCUT2D eigenvalue weighted by atomic mass is 10.0. The predicted octanol–water partition coefficient (Wildman–Crippen LogP) is 2.54. The van der Waals surface area contributed by atoms with Gasteiger partial charge in [-0.2, -0.15) is 0 Å². The van der Waals surface area contributed by atoms with Crippen LogP contribution in [0.1, 0.15) is 0 Å². The van der Waals surface area contributed by atoms with E-state index in [0.717, 1.165) is 5.75 Å². The Morgan fingerprint density at radius 3 is 2.41 bits per heavy atom. The molecular formula is C16H11FO3S2. The molecule has 1 aliphatic rings. The molecule has 0 bridgehead atoms. The molecule has 0 radical (unpaired) electrons. The Kier molecular flexibility index (Phi) is 3.90. The topological polar surface area (TPSA) is 57.2 Å². The quantitative estimate of drug-likeness (QED) is 0.209. The van der Waals surface area contributed by atoms with Crippen LogP contribution in [0.3, 0.4) is 0 Å². The lowest BCUT2D eigenvalue weighted by molar-refractivity contribution is 0.417. The predicted molar refractivity (Wildman–Crippen MR) is 87.4 cm³/mol. The Labute approximate surface area is 130 Å². The first-order valence-corrected chi connectivity index (χ1v) is 8.79. The van der Waals surface area contributed by atoms with Crippen molar-refractivity contribution in [3.63, 3.8) is 0 Å². The molecule has 0 N–H and O–H groups in total. The third-order valence-corrected chi connectivity index (χ3v) is 4.49. The number of fused-ring (bicyclic) bond motifs is 5. The number of hydrogen-bond acceptors (Lipinski definition) is 3. The van der Waals surface area contributed by atoms with Crippen molar-refractivity contribution in [2.24, 2.45) is 0 Å². The largest absolute Gasteiger partial charge is 0.722 e. The summed E-state index contributed by atoms with van der Waals surface area (Å²) in [6.07, 6.45) is 2.32. The molecule has 0 unspecified atom stereocenters. The summed E-state index contributed by atoms with van der Waals surface area (Å²) in [7, 11) is -5.42. The first-order valence-electron chi connectivity index (χ1n) is 6.49.